The van der Waals surface area contributed by atoms with Crippen molar-refractivity contribution in [3.63, 3.8) is 0 Å². The molecule has 14 nitrogen and oxygen atoms in total. The molecule has 1 aliphatic heterocycles. The quantitative estimate of drug-likeness (QED) is 0.201. The van der Waals surface area contributed by atoms with Gasteiger partial charge in [0.05, 0.1) is 31.0 Å². The number of hydrogen-bond donors (Lipinski definition) is 4. The zero-order valence-electron chi connectivity index (χ0n) is 24.3. The first kappa shape index (κ1) is 31.3. The minimum atomic E-state index is -2.01. The van der Waals surface area contributed by atoms with Crippen molar-refractivity contribution < 1.29 is 68.1 Å². The SMILES string of the molecule is COc1ccc2c3c1O[C@H]1C(OC(=O)[C@@H](O)CC(=O)O[C@@H](C)C(=O)O[C@H](CC(=O)O)C(=O)O)=CC[C@@]4(O)[C@@H](C2)C(C)CC[C@]314. The Labute approximate surface area is 251 Å². The Balaban J connectivity index is 1.28. The van der Waals surface area contributed by atoms with E-state index in [4.69, 9.17) is 29.2 Å². The number of carbonyl (C=O) groups excluding carboxylic acids is 3. The maximum atomic E-state index is 13.0. The van der Waals surface area contributed by atoms with Crippen molar-refractivity contribution in [3.8, 4) is 11.5 Å². The van der Waals surface area contributed by atoms with Crippen LogP contribution in [0.5, 0.6) is 11.5 Å². The second-order valence-electron chi connectivity index (χ2n) is 11.8. The molecule has 3 aliphatic carbocycles. The van der Waals surface area contributed by atoms with E-state index >= 15 is 0 Å². The number of carboxylic acids is 2. The highest BCUT2D eigenvalue weighted by atomic mass is 16.6. The van der Waals surface area contributed by atoms with Crippen LogP contribution in [0.15, 0.2) is 24.0 Å². The molecule has 0 amide bonds. The fourth-order valence-corrected chi connectivity index (χ4v) is 7.26. The molecule has 0 aromatic heterocycles. The molecule has 238 valence electrons. The van der Waals surface area contributed by atoms with Gasteiger partial charge < -0.3 is 44.1 Å². The van der Waals surface area contributed by atoms with Crippen LogP contribution in [0.25, 0.3) is 0 Å². The van der Waals surface area contributed by atoms with Crippen LogP contribution in [0.2, 0.25) is 0 Å². The molecule has 5 rings (SSSR count). The van der Waals surface area contributed by atoms with Gasteiger partial charge in [-0.05, 0) is 62.1 Å². The Morgan fingerprint density at radius 2 is 1.82 bits per heavy atom. The van der Waals surface area contributed by atoms with Crippen molar-refractivity contribution in [2.24, 2.45) is 11.8 Å². The molecule has 1 spiro atoms. The maximum Gasteiger partial charge on any atom is 0.348 e. The van der Waals surface area contributed by atoms with E-state index in [1.165, 1.54) is 7.11 Å². The average molecular weight is 619 g/mol. The molecule has 1 heterocycles. The van der Waals surface area contributed by atoms with E-state index in [-0.39, 0.29) is 24.0 Å². The van der Waals surface area contributed by atoms with E-state index in [0.717, 1.165) is 24.5 Å². The van der Waals surface area contributed by atoms with Gasteiger partial charge >= 0.3 is 29.8 Å². The number of ether oxygens (including phenoxy) is 5. The standard InChI is InChI=1S/C30H34O14/c1-13-6-8-29-23-15-4-5-18(40-3)24(23)44-25(29)19(7-9-30(29,39)16(13)10-15)42-28(38)17(31)11-22(34)41-14(2)27(37)43-20(26(35)36)12-21(32)33/h4-5,7,13-14,16-17,20,25,31,39H,6,8-12H2,1-3H3,(H,32,33)(H,35,36)/t13?,14-,16-,17-,20+,25-,29-,30+/m0/s1. The molecule has 1 aromatic rings. The molecule has 4 N–H and O–H groups in total. The predicted octanol–water partition coefficient (Wildman–Crippen LogP) is 1.01. The summed E-state index contributed by atoms with van der Waals surface area (Å²) in [5.74, 6) is -5.75. The first-order valence-electron chi connectivity index (χ1n) is 14.3. The number of benzene rings is 1. The Bertz CT molecular complexity index is 1430. The van der Waals surface area contributed by atoms with Crippen molar-refractivity contribution in [3.05, 3.63) is 35.1 Å². The number of aliphatic hydroxyl groups excluding tert-OH is 1. The summed E-state index contributed by atoms with van der Waals surface area (Å²) < 4.78 is 27.0. The number of hydrogen-bond acceptors (Lipinski definition) is 12. The van der Waals surface area contributed by atoms with Gasteiger partial charge in [-0.2, -0.15) is 0 Å². The van der Waals surface area contributed by atoms with Crippen LogP contribution in [0, 0.1) is 11.8 Å². The normalized spacial score (nSPS) is 29.5. The van der Waals surface area contributed by atoms with Crippen LogP contribution in [0.4, 0.5) is 0 Å². The van der Waals surface area contributed by atoms with Gasteiger partial charge in [0, 0.05) is 5.56 Å². The number of methoxy groups -OCH3 is 1. The van der Waals surface area contributed by atoms with Gasteiger partial charge in [-0.25, -0.2) is 14.4 Å². The molecule has 44 heavy (non-hydrogen) atoms. The Kier molecular flexibility index (Phi) is 8.10. The highest BCUT2D eigenvalue weighted by Gasteiger charge is 2.72. The number of esters is 3. The number of aliphatic carboxylic acids is 2. The summed E-state index contributed by atoms with van der Waals surface area (Å²) in [5.41, 5.74) is -0.217. The van der Waals surface area contributed by atoms with Crippen LogP contribution >= 0.6 is 0 Å². The lowest BCUT2D eigenvalue weighted by molar-refractivity contribution is -0.179. The number of aliphatic hydroxyl groups is 2. The molecule has 2 bridgehead atoms. The molecule has 1 aromatic carbocycles. The highest BCUT2D eigenvalue weighted by molar-refractivity contribution is 5.86. The monoisotopic (exact) mass is 618 g/mol. The fourth-order valence-electron chi connectivity index (χ4n) is 7.26. The summed E-state index contributed by atoms with van der Waals surface area (Å²) in [5, 5.41) is 40.5. The summed E-state index contributed by atoms with van der Waals surface area (Å²) in [6.07, 6.45) is -4.72. The summed E-state index contributed by atoms with van der Waals surface area (Å²) in [4.78, 5) is 59.4. The van der Waals surface area contributed by atoms with E-state index in [0.29, 0.717) is 24.3 Å². The lowest BCUT2D eigenvalue weighted by Crippen LogP contribution is -2.69. The Morgan fingerprint density at radius 3 is 2.48 bits per heavy atom. The lowest BCUT2D eigenvalue weighted by Gasteiger charge is -2.61. The van der Waals surface area contributed by atoms with Crippen molar-refractivity contribution in [2.45, 2.75) is 87.8 Å². The van der Waals surface area contributed by atoms with Gasteiger partial charge in [-0.3, -0.25) is 9.59 Å². The minimum Gasteiger partial charge on any atom is -0.493 e. The van der Waals surface area contributed by atoms with Gasteiger partial charge in [-0.15, -0.1) is 0 Å². The van der Waals surface area contributed by atoms with Crippen LogP contribution in [-0.4, -0.2) is 87.4 Å². The molecule has 0 saturated heterocycles. The number of carbonyl (C=O) groups is 5. The first-order chi connectivity index (χ1) is 20.7. The fraction of sp³-hybridized carbons (Fsp3) is 0.567. The van der Waals surface area contributed by atoms with Crippen molar-refractivity contribution >= 4 is 29.8 Å². The number of rotatable bonds is 11. The van der Waals surface area contributed by atoms with Crippen LogP contribution in [0.3, 0.4) is 0 Å². The van der Waals surface area contributed by atoms with Crippen molar-refractivity contribution in [2.75, 3.05) is 7.11 Å². The Hall–Kier alpha value is -4.17. The molecule has 1 unspecified atom stereocenters. The van der Waals surface area contributed by atoms with Crippen molar-refractivity contribution in [1.29, 1.82) is 0 Å². The smallest absolute Gasteiger partial charge is 0.348 e. The minimum absolute atomic E-state index is 0.0633. The third kappa shape index (κ3) is 4.95. The van der Waals surface area contributed by atoms with E-state index in [1.807, 2.05) is 12.1 Å². The third-order valence-corrected chi connectivity index (χ3v) is 9.32. The van der Waals surface area contributed by atoms with Crippen LogP contribution in [-0.2, 0) is 50.0 Å². The van der Waals surface area contributed by atoms with Crippen molar-refractivity contribution in [1.82, 2.24) is 0 Å². The second-order valence-corrected chi connectivity index (χ2v) is 11.8. The first-order valence-corrected chi connectivity index (χ1v) is 14.3. The number of carboxylic acid groups (broad SMARTS) is 2. The topological polar surface area (TPSA) is 212 Å². The zero-order valence-corrected chi connectivity index (χ0v) is 24.3. The summed E-state index contributed by atoms with van der Waals surface area (Å²) in [6, 6.07) is 3.78. The van der Waals surface area contributed by atoms with E-state index in [2.05, 4.69) is 11.7 Å². The van der Waals surface area contributed by atoms with Crippen LogP contribution in [0.1, 0.15) is 57.1 Å². The summed E-state index contributed by atoms with van der Waals surface area (Å²) >= 11 is 0. The van der Waals surface area contributed by atoms with E-state index in [1.54, 1.807) is 6.08 Å². The van der Waals surface area contributed by atoms with Gasteiger partial charge in [0.1, 0.15) is 5.76 Å². The maximum absolute atomic E-state index is 13.0. The molecule has 14 heteroatoms. The third-order valence-electron chi connectivity index (χ3n) is 9.32. The molecule has 1 fully saturated rings. The molecule has 8 atom stereocenters. The average Bonchev–Trinajstić information content (AvgIpc) is 3.31. The zero-order chi connectivity index (χ0) is 32.1. The molecule has 0 radical (unpaired) electrons. The van der Waals surface area contributed by atoms with Gasteiger partial charge in [0.2, 0.25) is 6.10 Å². The highest BCUT2D eigenvalue weighted by Crippen LogP contribution is 2.68. The predicted molar refractivity (Wildman–Crippen MR) is 144 cm³/mol. The lowest BCUT2D eigenvalue weighted by atomic mass is 9.45. The second kappa shape index (κ2) is 11.4. The summed E-state index contributed by atoms with van der Waals surface area (Å²) in [6.45, 7) is 3.17. The largest absolute Gasteiger partial charge is 0.493 e. The summed E-state index contributed by atoms with van der Waals surface area (Å²) in [7, 11) is 1.51. The van der Waals surface area contributed by atoms with Gasteiger partial charge in [0.25, 0.3) is 0 Å². The Morgan fingerprint density at radius 1 is 1.09 bits per heavy atom. The molecule has 1 saturated carbocycles. The van der Waals surface area contributed by atoms with Crippen LogP contribution < -0.4 is 9.47 Å². The van der Waals surface area contributed by atoms with E-state index in [9.17, 15) is 34.2 Å². The molecular formula is C30H34O14. The molecule has 4 aliphatic rings. The molecular weight excluding hydrogens is 584 g/mol. The van der Waals surface area contributed by atoms with Gasteiger partial charge in [-0.1, -0.05) is 13.0 Å². The van der Waals surface area contributed by atoms with E-state index < -0.39 is 78.1 Å². The van der Waals surface area contributed by atoms with Gasteiger partial charge in [0.15, 0.2) is 29.8 Å².